The van der Waals surface area contributed by atoms with Gasteiger partial charge in [-0.2, -0.15) is 0 Å². The number of fused-ring (bicyclic) bond motifs is 1. The zero-order chi connectivity index (χ0) is 24.1. The van der Waals surface area contributed by atoms with E-state index in [1.165, 1.54) is 17.0 Å². The molecule has 3 aliphatic heterocycles. The van der Waals surface area contributed by atoms with E-state index in [4.69, 9.17) is 9.47 Å². The Bertz CT molecular complexity index is 1420. The summed E-state index contributed by atoms with van der Waals surface area (Å²) in [5.74, 6) is -0.0714. The molecule has 6 rings (SSSR count). The summed E-state index contributed by atoms with van der Waals surface area (Å²) < 4.78 is 27.1. The number of nitrogens with zero attached hydrogens (tertiary/aromatic N) is 2. The van der Waals surface area contributed by atoms with Crippen molar-refractivity contribution in [2.24, 2.45) is 0 Å². The van der Waals surface area contributed by atoms with Crippen molar-refractivity contribution in [3.05, 3.63) is 64.2 Å². The lowest BCUT2D eigenvalue weighted by molar-refractivity contribution is -0.118. The average Bonchev–Trinajstić information content (AvgIpc) is 3.42. The molecule has 0 saturated carbocycles. The van der Waals surface area contributed by atoms with Crippen LogP contribution in [0.2, 0.25) is 0 Å². The molecule has 4 heterocycles. The summed E-state index contributed by atoms with van der Waals surface area (Å²) >= 11 is 0. The Morgan fingerprint density at radius 1 is 1.09 bits per heavy atom. The normalized spacial score (nSPS) is 20.5. The maximum atomic E-state index is 14.6. The minimum absolute atomic E-state index is 0.0304. The Morgan fingerprint density at radius 2 is 1.94 bits per heavy atom. The van der Waals surface area contributed by atoms with Crippen LogP contribution >= 0.6 is 0 Å². The number of hydrogen-bond donors (Lipinski definition) is 2. The molecule has 0 spiro atoms. The van der Waals surface area contributed by atoms with E-state index in [9.17, 15) is 18.8 Å². The predicted octanol–water partition coefficient (Wildman–Crippen LogP) is 2.57. The summed E-state index contributed by atoms with van der Waals surface area (Å²) in [5, 5.41) is 6.90. The average molecular weight is 478 g/mol. The zero-order valence-corrected chi connectivity index (χ0v) is 18.8. The summed E-state index contributed by atoms with van der Waals surface area (Å²) in [5.41, 5.74) is 2.30. The van der Waals surface area contributed by atoms with Gasteiger partial charge in [-0.05, 0) is 54.8 Å². The quantitative estimate of drug-likeness (QED) is 0.528. The molecule has 3 aliphatic rings. The molecule has 3 aromatic rings. The van der Waals surface area contributed by atoms with E-state index in [-0.39, 0.29) is 35.9 Å². The highest BCUT2D eigenvalue weighted by Gasteiger charge is 2.33. The van der Waals surface area contributed by atoms with Gasteiger partial charge in [-0.3, -0.25) is 14.5 Å². The van der Waals surface area contributed by atoms with Crippen molar-refractivity contribution in [3.63, 3.8) is 0 Å². The van der Waals surface area contributed by atoms with Crippen LogP contribution in [0.15, 0.2) is 47.3 Å². The third kappa shape index (κ3) is 3.79. The molecule has 1 saturated heterocycles. The summed E-state index contributed by atoms with van der Waals surface area (Å²) in [7, 11) is 0. The topological polar surface area (TPSA) is 102 Å². The van der Waals surface area contributed by atoms with Crippen molar-refractivity contribution in [1.82, 2.24) is 9.88 Å². The number of hydrogen-bond acceptors (Lipinski definition) is 6. The van der Waals surface area contributed by atoms with E-state index in [0.29, 0.717) is 60.8 Å². The van der Waals surface area contributed by atoms with E-state index in [1.54, 1.807) is 34.9 Å². The number of anilines is 2. The lowest BCUT2D eigenvalue weighted by Crippen LogP contribution is -2.32. The number of benzene rings is 2. The van der Waals surface area contributed by atoms with Crippen molar-refractivity contribution in [3.8, 4) is 5.75 Å². The van der Waals surface area contributed by atoms with Crippen molar-refractivity contribution in [2.45, 2.75) is 25.0 Å². The number of cyclic esters (lactones) is 1. The van der Waals surface area contributed by atoms with E-state index in [0.717, 1.165) is 5.39 Å². The smallest absolute Gasteiger partial charge is 0.414 e. The van der Waals surface area contributed by atoms with Gasteiger partial charge in [0.2, 0.25) is 0 Å². The van der Waals surface area contributed by atoms with E-state index >= 15 is 0 Å². The molecule has 0 unspecified atom stereocenters. The standard InChI is InChI=1S/C25H23FN4O5/c26-18-4-1-14-2-6-22(32)30-11-15(23(18)24(14)30)7-8-27-10-17-12-29(25(33)35-17)16-3-5-20-19(9-16)28-21(31)13-34-20/h1-6,9,15,17,27H,7-8,10-13H2,(H,28,31)/t15-,17+/m0/s1. The van der Waals surface area contributed by atoms with Gasteiger partial charge in [-0.15, -0.1) is 0 Å². The summed E-state index contributed by atoms with van der Waals surface area (Å²) in [6.45, 7) is 1.81. The first-order valence-electron chi connectivity index (χ1n) is 11.6. The molecule has 9 nitrogen and oxygen atoms in total. The minimum atomic E-state index is -0.459. The molecular weight excluding hydrogens is 455 g/mol. The lowest BCUT2D eigenvalue weighted by atomic mass is 9.96. The lowest BCUT2D eigenvalue weighted by Gasteiger charge is -2.20. The van der Waals surface area contributed by atoms with Crippen LogP contribution in [0.3, 0.4) is 0 Å². The molecule has 2 N–H and O–H groups in total. The number of carbonyl (C=O) groups excluding carboxylic acids is 2. The van der Waals surface area contributed by atoms with Gasteiger partial charge in [0, 0.05) is 36.3 Å². The largest absolute Gasteiger partial charge is 0.482 e. The summed E-state index contributed by atoms with van der Waals surface area (Å²) in [4.78, 5) is 37.8. The number of amides is 2. The second-order valence-corrected chi connectivity index (χ2v) is 9.00. The molecule has 2 atom stereocenters. The Morgan fingerprint density at radius 3 is 2.83 bits per heavy atom. The van der Waals surface area contributed by atoms with Crippen LogP contribution in [-0.2, 0) is 16.1 Å². The Hall–Kier alpha value is -3.92. The van der Waals surface area contributed by atoms with E-state index < -0.39 is 6.09 Å². The van der Waals surface area contributed by atoms with Gasteiger partial charge in [-0.1, -0.05) is 0 Å². The van der Waals surface area contributed by atoms with Crippen LogP contribution in [-0.4, -0.2) is 48.9 Å². The van der Waals surface area contributed by atoms with Crippen LogP contribution in [0.4, 0.5) is 20.6 Å². The summed E-state index contributed by atoms with van der Waals surface area (Å²) in [6.07, 6.45) is -0.168. The number of aromatic nitrogens is 1. The van der Waals surface area contributed by atoms with Crippen molar-refractivity contribution < 1.29 is 23.5 Å². The highest BCUT2D eigenvalue weighted by molar-refractivity contribution is 5.97. The number of halogens is 1. The third-order valence-electron chi connectivity index (χ3n) is 6.77. The molecule has 0 aliphatic carbocycles. The number of nitrogens with one attached hydrogen (secondary N) is 2. The molecular formula is C25H23FN4O5. The molecule has 10 heteroatoms. The van der Waals surface area contributed by atoms with Crippen molar-refractivity contribution in [2.75, 3.05) is 36.5 Å². The van der Waals surface area contributed by atoms with Crippen molar-refractivity contribution in [1.29, 1.82) is 0 Å². The third-order valence-corrected chi connectivity index (χ3v) is 6.77. The Balaban J connectivity index is 1.06. The molecule has 1 fully saturated rings. The van der Waals surface area contributed by atoms with Crippen LogP contribution < -0.4 is 25.8 Å². The fourth-order valence-corrected chi connectivity index (χ4v) is 5.13. The monoisotopic (exact) mass is 478 g/mol. The van der Waals surface area contributed by atoms with Gasteiger partial charge in [0.15, 0.2) is 6.61 Å². The Kier molecular flexibility index (Phi) is 5.18. The first kappa shape index (κ1) is 21.6. The van der Waals surface area contributed by atoms with Gasteiger partial charge in [0.05, 0.1) is 17.7 Å². The van der Waals surface area contributed by atoms with Gasteiger partial charge >= 0.3 is 6.09 Å². The number of ether oxygens (including phenoxy) is 2. The van der Waals surface area contributed by atoms with E-state index in [1.807, 2.05) is 0 Å². The minimum Gasteiger partial charge on any atom is -0.482 e. The SMILES string of the molecule is O=C1COc2ccc(N3C[C@@H](CNCC[C@H]4Cn5c(=O)ccc6ccc(F)c4c65)OC3=O)cc2N1. The van der Waals surface area contributed by atoms with Gasteiger partial charge < -0.3 is 24.7 Å². The maximum absolute atomic E-state index is 14.6. The maximum Gasteiger partial charge on any atom is 0.414 e. The Labute approximate surface area is 199 Å². The number of rotatable bonds is 6. The molecule has 35 heavy (non-hydrogen) atoms. The second kappa shape index (κ2) is 8.38. The second-order valence-electron chi connectivity index (χ2n) is 9.00. The van der Waals surface area contributed by atoms with Gasteiger partial charge in [-0.25, -0.2) is 9.18 Å². The molecule has 0 bridgehead atoms. The van der Waals surface area contributed by atoms with Crippen LogP contribution in [0, 0.1) is 5.82 Å². The first-order valence-corrected chi connectivity index (χ1v) is 11.6. The number of pyridine rings is 1. The molecule has 1 aromatic heterocycles. The molecule has 180 valence electrons. The van der Waals surface area contributed by atoms with Crippen LogP contribution in [0.5, 0.6) is 5.75 Å². The highest BCUT2D eigenvalue weighted by Crippen LogP contribution is 2.36. The fraction of sp³-hybridized carbons (Fsp3) is 0.320. The van der Waals surface area contributed by atoms with Gasteiger partial charge in [0.1, 0.15) is 17.7 Å². The molecule has 2 aromatic carbocycles. The fourth-order valence-electron chi connectivity index (χ4n) is 5.13. The van der Waals surface area contributed by atoms with Crippen LogP contribution in [0.25, 0.3) is 10.9 Å². The molecule has 2 amide bonds. The highest BCUT2D eigenvalue weighted by atomic mass is 19.1. The predicted molar refractivity (Wildman–Crippen MR) is 127 cm³/mol. The van der Waals surface area contributed by atoms with Crippen molar-refractivity contribution >= 4 is 34.3 Å². The van der Waals surface area contributed by atoms with E-state index in [2.05, 4.69) is 10.6 Å². The first-order chi connectivity index (χ1) is 17.0. The zero-order valence-electron chi connectivity index (χ0n) is 18.8. The van der Waals surface area contributed by atoms with Crippen LogP contribution in [0.1, 0.15) is 17.9 Å². The van der Waals surface area contributed by atoms with Gasteiger partial charge in [0.25, 0.3) is 11.5 Å². The number of carbonyl (C=O) groups is 2. The summed E-state index contributed by atoms with van der Waals surface area (Å²) in [6, 6.07) is 11.6. The molecule has 0 radical (unpaired) electrons.